The van der Waals surface area contributed by atoms with Gasteiger partial charge in [-0.15, -0.1) is 0 Å². The van der Waals surface area contributed by atoms with Gasteiger partial charge in [0, 0.05) is 19.3 Å². The molecule has 0 radical (unpaired) electrons. The largest absolute Gasteiger partial charge is 0.462 e. The second-order valence-electron chi connectivity index (χ2n) is 20.6. The maximum absolute atomic E-state index is 12.8. The van der Waals surface area contributed by atoms with Gasteiger partial charge in [-0.25, -0.2) is 0 Å². The van der Waals surface area contributed by atoms with E-state index in [-0.39, 0.29) is 31.1 Å². The van der Waals surface area contributed by atoms with Crippen molar-refractivity contribution in [3.05, 3.63) is 48.6 Å². The van der Waals surface area contributed by atoms with Gasteiger partial charge in [0.1, 0.15) is 13.2 Å². The first-order valence-electron chi connectivity index (χ1n) is 30.6. The molecule has 0 aromatic heterocycles. The van der Waals surface area contributed by atoms with E-state index in [4.69, 9.17) is 14.2 Å². The Morgan fingerprint density at radius 1 is 0.300 bits per heavy atom. The maximum atomic E-state index is 12.8. The van der Waals surface area contributed by atoms with Crippen LogP contribution in [-0.2, 0) is 28.6 Å². The SMILES string of the molecule is CC/C=C\C/C=C\C/C=C\C/C=C\CCCCCCCCCCC(=O)OC(COC(=O)CCCCCCC)COC(=O)CCCCCCCCCCCCCCCCCCCCCCCCCCCC. The molecule has 0 aromatic rings. The molecule has 0 aromatic carbocycles. The molecule has 0 heterocycles. The van der Waals surface area contributed by atoms with Crippen LogP contribution in [0.2, 0.25) is 0 Å². The summed E-state index contributed by atoms with van der Waals surface area (Å²) in [6, 6.07) is 0. The molecule has 0 saturated carbocycles. The summed E-state index contributed by atoms with van der Waals surface area (Å²) in [6.45, 7) is 6.48. The summed E-state index contributed by atoms with van der Waals surface area (Å²) in [6.07, 6.45) is 73.1. The third-order valence-electron chi connectivity index (χ3n) is 13.6. The van der Waals surface area contributed by atoms with Crippen LogP contribution in [0.25, 0.3) is 0 Å². The van der Waals surface area contributed by atoms with E-state index >= 15 is 0 Å². The predicted molar refractivity (Wildman–Crippen MR) is 302 cm³/mol. The first-order chi connectivity index (χ1) is 34.5. The third kappa shape index (κ3) is 56.3. The van der Waals surface area contributed by atoms with Gasteiger partial charge in [0.05, 0.1) is 0 Å². The Kier molecular flexibility index (Phi) is 56.7. The van der Waals surface area contributed by atoms with Crippen molar-refractivity contribution in [3.8, 4) is 0 Å². The Hall–Kier alpha value is -2.63. The lowest BCUT2D eigenvalue weighted by molar-refractivity contribution is -0.167. The summed E-state index contributed by atoms with van der Waals surface area (Å²) in [4.78, 5) is 37.9. The van der Waals surface area contributed by atoms with Crippen LogP contribution in [0.5, 0.6) is 0 Å². The van der Waals surface area contributed by atoms with Gasteiger partial charge in [-0.3, -0.25) is 14.4 Å². The second kappa shape index (κ2) is 58.9. The van der Waals surface area contributed by atoms with E-state index < -0.39 is 6.10 Å². The van der Waals surface area contributed by atoms with Crippen LogP contribution in [-0.4, -0.2) is 37.2 Å². The van der Waals surface area contributed by atoms with Crippen LogP contribution in [0, 0.1) is 0 Å². The fourth-order valence-corrected chi connectivity index (χ4v) is 9.02. The van der Waals surface area contributed by atoms with Gasteiger partial charge in [-0.1, -0.05) is 294 Å². The molecule has 6 nitrogen and oxygen atoms in total. The molecule has 0 aliphatic rings. The van der Waals surface area contributed by atoms with Crippen molar-refractivity contribution in [1.29, 1.82) is 0 Å². The fourth-order valence-electron chi connectivity index (χ4n) is 9.02. The summed E-state index contributed by atoms with van der Waals surface area (Å²) >= 11 is 0. The Balaban J connectivity index is 4.02. The molecule has 408 valence electrons. The highest BCUT2D eigenvalue weighted by atomic mass is 16.6. The third-order valence-corrected chi connectivity index (χ3v) is 13.6. The number of hydrogen-bond acceptors (Lipinski definition) is 6. The van der Waals surface area contributed by atoms with Gasteiger partial charge in [0.15, 0.2) is 6.10 Å². The van der Waals surface area contributed by atoms with Crippen molar-refractivity contribution < 1.29 is 28.6 Å². The van der Waals surface area contributed by atoms with Crippen molar-refractivity contribution in [1.82, 2.24) is 0 Å². The van der Waals surface area contributed by atoms with E-state index in [9.17, 15) is 14.4 Å². The van der Waals surface area contributed by atoms with E-state index in [1.165, 1.54) is 186 Å². The normalized spacial score (nSPS) is 12.3. The molecule has 1 unspecified atom stereocenters. The molecular weight excluding hydrogens is 865 g/mol. The number of allylic oxidation sites excluding steroid dienone is 8. The van der Waals surface area contributed by atoms with Crippen molar-refractivity contribution in [2.75, 3.05) is 13.2 Å². The number of esters is 3. The number of unbranched alkanes of at least 4 members (excludes halogenated alkanes) is 37. The second-order valence-corrected chi connectivity index (χ2v) is 20.6. The highest BCUT2D eigenvalue weighted by Gasteiger charge is 2.19. The van der Waals surface area contributed by atoms with E-state index in [1.807, 2.05) is 0 Å². The Morgan fingerprint density at radius 3 is 0.871 bits per heavy atom. The van der Waals surface area contributed by atoms with Crippen LogP contribution in [0.15, 0.2) is 48.6 Å². The quantitative estimate of drug-likeness (QED) is 0.0261. The molecule has 0 aliphatic heterocycles. The van der Waals surface area contributed by atoms with Gasteiger partial charge >= 0.3 is 17.9 Å². The van der Waals surface area contributed by atoms with Crippen LogP contribution in [0.3, 0.4) is 0 Å². The van der Waals surface area contributed by atoms with Crippen molar-refractivity contribution in [3.63, 3.8) is 0 Å². The van der Waals surface area contributed by atoms with Crippen LogP contribution in [0.1, 0.15) is 323 Å². The molecule has 6 heteroatoms. The lowest BCUT2D eigenvalue weighted by atomic mass is 10.0. The Bertz CT molecular complexity index is 1220. The predicted octanol–water partition coefficient (Wildman–Crippen LogP) is 20.6. The Morgan fingerprint density at radius 2 is 0.557 bits per heavy atom. The summed E-state index contributed by atoms with van der Waals surface area (Å²) in [5.74, 6) is -0.880. The molecule has 0 bridgehead atoms. The molecule has 70 heavy (non-hydrogen) atoms. The number of hydrogen-bond donors (Lipinski definition) is 0. The van der Waals surface area contributed by atoms with Gasteiger partial charge in [0.25, 0.3) is 0 Å². The van der Waals surface area contributed by atoms with Crippen molar-refractivity contribution in [2.45, 2.75) is 329 Å². The Labute approximate surface area is 435 Å². The van der Waals surface area contributed by atoms with E-state index in [1.54, 1.807) is 0 Å². The minimum absolute atomic E-state index is 0.0733. The first kappa shape index (κ1) is 67.4. The molecule has 0 amide bonds. The zero-order chi connectivity index (χ0) is 50.7. The topological polar surface area (TPSA) is 78.9 Å². The minimum Gasteiger partial charge on any atom is -0.462 e. The van der Waals surface area contributed by atoms with Crippen LogP contribution in [0.4, 0.5) is 0 Å². The molecule has 0 N–H and O–H groups in total. The number of rotatable bonds is 56. The molecule has 0 aliphatic carbocycles. The summed E-state index contributed by atoms with van der Waals surface area (Å²) in [5.41, 5.74) is 0. The lowest BCUT2D eigenvalue weighted by Gasteiger charge is -2.18. The molecule has 0 saturated heterocycles. The standard InChI is InChI=1S/C64H116O6/c1-4-7-10-13-15-17-19-21-23-25-27-29-30-31-32-33-35-36-38-40-42-44-46-48-51-54-57-63(66)69-60-61(59-68-62(65)56-53-50-12-9-6-3)70-64(67)58-55-52-49-47-45-43-41-39-37-34-28-26-24-22-20-18-16-14-11-8-5-2/h8,11,16,18,22,24,28,34,61H,4-7,9-10,12-15,17,19-21,23,25-27,29-33,35-60H2,1-3H3/b11-8-,18-16-,24-22-,34-28-. The van der Waals surface area contributed by atoms with E-state index in [0.29, 0.717) is 19.3 Å². The van der Waals surface area contributed by atoms with Crippen molar-refractivity contribution in [2.24, 2.45) is 0 Å². The number of ether oxygens (including phenoxy) is 3. The van der Waals surface area contributed by atoms with E-state index in [0.717, 1.165) is 96.3 Å². The molecule has 0 fully saturated rings. The first-order valence-corrected chi connectivity index (χ1v) is 30.6. The molecule has 0 spiro atoms. The zero-order valence-electron chi connectivity index (χ0n) is 46.8. The highest BCUT2D eigenvalue weighted by Crippen LogP contribution is 2.17. The summed E-state index contributed by atoms with van der Waals surface area (Å²) in [7, 11) is 0. The molecule has 0 rings (SSSR count). The van der Waals surface area contributed by atoms with Gasteiger partial charge in [-0.05, 0) is 57.8 Å². The lowest BCUT2D eigenvalue weighted by Crippen LogP contribution is -2.30. The van der Waals surface area contributed by atoms with Crippen LogP contribution < -0.4 is 0 Å². The number of carbonyl (C=O) groups is 3. The van der Waals surface area contributed by atoms with E-state index in [2.05, 4.69) is 69.4 Å². The molecule has 1 atom stereocenters. The van der Waals surface area contributed by atoms with Gasteiger partial charge < -0.3 is 14.2 Å². The number of carbonyl (C=O) groups excluding carboxylic acids is 3. The van der Waals surface area contributed by atoms with Crippen molar-refractivity contribution >= 4 is 17.9 Å². The summed E-state index contributed by atoms with van der Waals surface area (Å²) < 4.78 is 16.8. The fraction of sp³-hybridized carbons (Fsp3) is 0.828. The maximum Gasteiger partial charge on any atom is 0.306 e. The van der Waals surface area contributed by atoms with Crippen LogP contribution >= 0.6 is 0 Å². The smallest absolute Gasteiger partial charge is 0.306 e. The van der Waals surface area contributed by atoms with Gasteiger partial charge in [-0.2, -0.15) is 0 Å². The molecular formula is C64H116O6. The zero-order valence-corrected chi connectivity index (χ0v) is 46.8. The minimum atomic E-state index is -0.772. The average Bonchev–Trinajstić information content (AvgIpc) is 3.36. The summed E-state index contributed by atoms with van der Waals surface area (Å²) in [5, 5.41) is 0. The highest BCUT2D eigenvalue weighted by molar-refractivity contribution is 5.71. The average molecular weight is 982 g/mol. The monoisotopic (exact) mass is 981 g/mol. The van der Waals surface area contributed by atoms with Gasteiger partial charge in [0.2, 0.25) is 0 Å².